The van der Waals surface area contributed by atoms with Crippen LogP contribution in [-0.2, 0) is 11.2 Å². The van der Waals surface area contributed by atoms with Gasteiger partial charge < -0.3 is 14.6 Å². The van der Waals surface area contributed by atoms with Gasteiger partial charge in [-0.15, -0.1) is 0 Å². The van der Waals surface area contributed by atoms with Gasteiger partial charge in [0.15, 0.2) is 0 Å². The molecule has 1 aromatic rings. The molecule has 0 bridgehead atoms. The quantitative estimate of drug-likeness (QED) is 0.860. The van der Waals surface area contributed by atoms with Crippen LogP contribution in [0.1, 0.15) is 5.56 Å². The third kappa shape index (κ3) is 2.53. The first-order chi connectivity index (χ1) is 7.10. The van der Waals surface area contributed by atoms with Crippen molar-refractivity contribution in [2.45, 2.75) is 6.42 Å². The van der Waals surface area contributed by atoms with Gasteiger partial charge in [0.05, 0.1) is 20.6 Å². The molecule has 0 aliphatic heterocycles. The van der Waals surface area contributed by atoms with Crippen LogP contribution in [0.4, 0.5) is 0 Å². The molecule has 1 aromatic carbocycles. The van der Waals surface area contributed by atoms with E-state index in [9.17, 15) is 4.79 Å². The normalized spacial score (nSPS) is 9.80. The number of carboxylic acids is 1. The van der Waals surface area contributed by atoms with Crippen molar-refractivity contribution in [3.63, 3.8) is 0 Å². The minimum absolute atomic E-state index is 0.132. The Balaban J connectivity index is 3.18. The van der Waals surface area contributed by atoms with E-state index in [0.717, 1.165) is 0 Å². The maximum Gasteiger partial charge on any atom is 0.307 e. The van der Waals surface area contributed by atoms with Crippen LogP contribution in [0.25, 0.3) is 0 Å². The second-order valence-electron chi connectivity index (χ2n) is 2.84. The van der Waals surface area contributed by atoms with Crippen molar-refractivity contribution in [1.82, 2.24) is 0 Å². The van der Waals surface area contributed by atoms with Crippen LogP contribution in [0, 0.1) is 0 Å². The fraction of sp³-hybridized carbons (Fsp3) is 0.300. The molecule has 1 N–H and O–H groups in total. The summed E-state index contributed by atoms with van der Waals surface area (Å²) < 4.78 is 10.0. The fourth-order valence-corrected chi connectivity index (χ4v) is 1.60. The molecule has 0 aromatic heterocycles. The fourth-order valence-electron chi connectivity index (χ4n) is 1.26. The van der Waals surface area contributed by atoms with Gasteiger partial charge in [0.25, 0.3) is 0 Å². The summed E-state index contributed by atoms with van der Waals surface area (Å²) in [5, 5.41) is 8.96. The average Bonchev–Trinajstić information content (AvgIpc) is 2.18. The Kier molecular flexibility index (Phi) is 3.80. The summed E-state index contributed by atoms with van der Waals surface area (Å²) >= 11 is 5.95. The Morgan fingerprint density at radius 3 is 2.53 bits per heavy atom. The van der Waals surface area contributed by atoms with Crippen LogP contribution in [0.2, 0.25) is 5.02 Å². The van der Waals surface area contributed by atoms with Crippen molar-refractivity contribution in [2.75, 3.05) is 14.2 Å². The Labute approximate surface area is 92.4 Å². The van der Waals surface area contributed by atoms with Crippen molar-refractivity contribution >= 4 is 17.6 Å². The monoisotopic (exact) mass is 230 g/mol. The predicted octanol–water partition coefficient (Wildman–Crippen LogP) is 1.98. The number of methoxy groups -OCH3 is 2. The van der Waals surface area contributed by atoms with Crippen LogP contribution < -0.4 is 9.47 Å². The molecular formula is C10H11ClO4. The van der Waals surface area contributed by atoms with Crippen LogP contribution in [0.15, 0.2) is 12.1 Å². The molecule has 0 aliphatic carbocycles. The molecular weight excluding hydrogens is 220 g/mol. The van der Waals surface area contributed by atoms with Crippen molar-refractivity contribution in [1.29, 1.82) is 0 Å². The molecule has 0 aliphatic rings. The molecule has 0 spiro atoms. The Morgan fingerprint density at radius 2 is 2.07 bits per heavy atom. The summed E-state index contributed by atoms with van der Waals surface area (Å²) in [7, 11) is 2.92. The van der Waals surface area contributed by atoms with Gasteiger partial charge in [-0.2, -0.15) is 0 Å². The minimum Gasteiger partial charge on any atom is -0.495 e. The largest absolute Gasteiger partial charge is 0.495 e. The number of halogens is 1. The summed E-state index contributed by atoms with van der Waals surface area (Å²) in [6.07, 6.45) is -0.132. The Morgan fingerprint density at radius 1 is 1.40 bits per heavy atom. The summed E-state index contributed by atoms with van der Waals surface area (Å²) in [6, 6.07) is 3.24. The molecule has 0 atom stereocenters. The van der Waals surface area contributed by atoms with Gasteiger partial charge >= 0.3 is 5.97 Å². The zero-order chi connectivity index (χ0) is 11.4. The number of ether oxygens (including phenoxy) is 2. The van der Waals surface area contributed by atoms with Gasteiger partial charge in [0, 0.05) is 5.56 Å². The lowest BCUT2D eigenvalue weighted by Gasteiger charge is -2.11. The van der Waals surface area contributed by atoms with Crippen molar-refractivity contribution in [2.24, 2.45) is 0 Å². The van der Waals surface area contributed by atoms with Crippen LogP contribution >= 0.6 is 11.6 Å². The van der Waals surface area contributed by atoms with Gasteiger partial charge in [-0.1, -0.05) is 17.7 Å². The highest BCUT2D eigenvalue weighted by Crippen LogP contribution is 2.36. The standard InChI is InChI=1S/C10H11ClO4/c1-14-7-4-3-6(5-8(12)13)10(15-2)9(7)11/h3-4H,5H2,1-2H3,(H,12,13). The number of rotatable bonds is 4. The molecule has 0 saturated heterocycles. The summed E-state index contributed by atoms with van der Waals surface area (Å²) in [6.45, 7) is 0. The van der Waals surface area contributed by atoms with Gasteiger partial charge in [-0.05, 0) is 6.07 Å². The zero-order valence-corrected chi connectivity index (χ0v) is 9.17. The molecule has 82 valence electrons. The van der Waals surface area contributed by atoms with Crippen LogP contribution in [0.5, 0.6) is 11.5 Å². The maximum atomic E-state index is 10.6. The number of carboxylic acid groups (broad SMARTS) is 1. The summed E-state index contributed by atoms with van der Waals surface area (Å²) in [4.78, 5) is 10.6. The molecule has 15 heavy (non-hydrogen) atoms. The smallest absolute Gasteiger partial charge is 0.307 e. The highest BCUT2D eigenvalue weighted by Gasteiger charge is 2.14. The third-order valence-corrected chi connectivity index (χ3v) is 2.27. The minimum atomic E-state index is -0.936. The number of aliphatic carboxylic acids is 1. The van der Waals surface area contributed by atoms with E-state index in [1.807, 2.05) is 0 Å². The molecule has 0 radical (unpaired) electrons. The van der Waals surface area contributed by atoms with Crippen LogP contribution in [0.3, 0.4) is 0 Å². The lowest BCUT2D eigenvalue weighted by Crippen LogP contribution is -2.03. The third-order valence-electron chi connectivity index (χ3n) is 1.91. The lowest BCUT2D eigenvalue weighted by molar-refractivity contribution is -0.136. The van der Waals surface area contributed by atoms with Crippen molar-refractivity contribution in [3.05, 3.63) is 22.7 Å². The number of hydrogen-bond acceptors (Lipinski definition) is 3. The zero-order valence-electron chi connectivity index (χ0n) is 8.41. The molecule has 0 saturated carbocycles. The van der Waals surface area contributed by atoms with Gasteiger partial charge in [0.2, 0.25) is 0 Å². The molecule has 0 amide bonds. The molecule has 0 heterocycles. The van der Waals surface area contributed by atoms with E-state index < -0.39 is 5.97 Å². The van der Waals surface area contributed by atoms with E-state index in [-0.39, 0.29) is 6.42 Å². The van der Waals surface area contributed by atoms with Crippen molar-refractivity contribution in [3.8, 4) is 11.5 Å². The van der Waals surface area contributed by atoms with Crippen molar-refractivity contribution < 1.29 is 19.4 Å². The predicted molar refractivity (Wildman–Crippen MR) is 55.9 cm³/mol. The Bertz CT molecular complexity index is 376. The van der Waals surface area contributed by atoms with Gasteiger partial charge in [0.1, 0.15) is 16.5 Å². The van der Waals surface area contributed by atoms with E-state index >= 15 is 0 Å². The van der Waals surface area contributed by atoms with E-state index in [0.29, 0.717) is 22.1 Å². The average molecular weight is 231 g/mol. The highest BCUT2D eigenvalue weighted by atomic mass is 35.5. The molecule has 5 heteroatoms. The molecule has 0 unspecified atom stereocenters. The number of hydrogen-bond donors (Lipinski definition) is 1. The first-order valence-corrected chi connectivity index (χ1v) is 4.59. The van der Waals surface area contributed by atoms with E-state index in [1.54, 1.807) is 12.1 Å². The second-order valence-corrected chi connectivity index (χ2v) is 3.22. The van der Waals surface area contributed by atoms with E-state index in [4.69, 9.17) is 26.2 Å². The molecule has 4 nitrogen and oxygen atoms in total. The first-order valence-electron chi connectivity index (χ1n) is 4.21. The first kappa shape index (κ1) is 11.7. The number of benzene rings is 1. The van der Waals surface area contributed by atoms with Crippen LogP contribution in [-0.4, -0.2) is 25.3 Å². The lowest BCUT2D eigenvalue weighted by atomic mass is 10.1. The summed E-state index contributed by atoms with van der Waals surface area (Å²) in [5.74, 6) is -0.129. The second kappa shape index (κ2) is 4.89. The van der Waals surface area contributed by atoms with E-state index in [1.165, 1.54) is 14.2 Å². The SMILES string of the molecule is COc1ccc(CC(=O)O)c(OC)c1Cl. The van der Waals surface area contributed by atoms with Gasteiger partial charge in [-0.3, -0.25) is 4.79 Å². The summed E-state index contributed by atoms with van der Waals surface area (Å²) in [5.41, 5.74) is 0.524. The Hall–Kier alpha value is -1.42. The van der Waals surface area contributed by atoms with E-state index in [2.05, 4.69) is 0 Å². The molecule has 0 fully saturated rings. The molecule has 1 rings (SSSR count). The van der Waals surface area contributed by atoms with Gasteiger partial charge in [-0.25, -0.2) is 0 Å². The number of carbonyl (C=O) groups is 1. The topological polar surface area (TPSA) is 55.8 Å². The highest BCUT2D eigenvalue weighted by molar-refractivity contribution is 6.33. The maximum absolute atomic E-state index is 10.6.